The fourth-order valence-corrected chi connectivity index (χ4v) is 2.30. The fraction of sp³-hybridized carbons (Fsp3) is 0.538. The molecule has 3 rings (SSSR count). The standard InChI is InChI=1S/C13H17NO2/c1-9-5-10-6-11(3-4-12(10)15-9)16-13(2)7-14-8-13/h3-4,6,9,14H,5,7-8H2,1-2H3. The molecule has 0 spiro atoms. The Labute approximate surface area is 95.8 Å². The minimum absolute atomic E-state index is 0.0285. The predicted molar refractivity (Wildman–Crippen MR) is 62.1 cm³/mol. The summed E-state index contributed by atoms with van der Waals surface area (Å²) in [5.74, 6) is 1.97. The summed E-state index contributed by atoms with van der Waals surface area (Å²) in [5, 5.41) is 3.23. The Morgan fingerprint density at radius 3 is 2.94 bits per heavy atom. The fourth-order valence-electron chi connectivity index (χ4n) is 2.30. The number of fused-ring (bicyclic) bond motifs is 1. The maximum absolute atomic E-state index is 5.98. The second-order valence-electron chi connectivity index (χ2n) is 5.06. The molecule has 0 aliphatic carbocycles. The smallest absolute Gasteiger partial charge is 0.131 e. The Morgan fingerprint density at radius 1 is 1.44 bits per heavy atom. The van der Waals surface area contributed by atoms with Crippen LogP contribution in [0.15, 0.2) is 18.2 Å². The van der Waals surface area contributed by atoms with Crippen LogP contribution in [0.3, 0.4) is 0 Å². The zero-order valence-electron chi connectivity index (χ0n) is 9.75. The van der Waals surface area contributed by atoms with Gasteiger partial charge >= 0.3 is 0 Å². The molecule has 1 N–H and O–H groups in total. The molecule has 0 amide bonds. The lowest BCUT2D eigenvalue weighted by molar-refractivity contribution is 0.0348. The van der Waals surface area contributed by atoms with Gasteiger partial charge in [-0.1, -0.05) is 0 Å². The Balaban J connectivity index is 1.80. The Hall–Kier alpha value is -1.22. The van der Waals surface area contributed by atoms with Gasteiger partial charge in [-0.2, -0.15) is 0 Å². The third-order valence-corrected chi connectivity index (χ3v) is 3.23. The van der Waals surface area contributed by atoms with Crippen LogP contribution >= 0.6 is 0 Å². The van der Waals surface area contributed by atoms with Crippen molar-refractivity contribution in [2.24, 2.45) is 0 Å². The van der Waals surface area contributed by atoms with Gasteiger partial charge in [0.2, 0.25) is 0 Å². The van der Waals surface area contributed by atoms with E-state index in [9.17, 15) is 0 Å². The minimum Gasteiger partial charge on any atom is -0.490 e. The Kier molecular flexibility index (Phi) is 2.11. The lowest BCUT2D eigenvalue weighted by Gasteiger charge is -2.39. The average molecular weight is 219 g/mol. The van der Waals surface area contributed by atoms with Crippen molar-refractivity contribution < 1.29 is 9.47 Å². The molecule has 0 saturated carbocycles. The monoisotopic (exact) mass is 219 g/mol. The van der Waals surface area contributed by atoms with E-state index in [2.05, 4.69) is 25.2 Å². The summed E-state index contributed by atoms with van der Waals surface area (Å²) in [6.07, 6.45) is 1.29. The van der Waals surface area contributed by atoms with Crippen LogP contribution in [0.5, 0.6) is 11.5 Å². The number of nitrogens with one attached hydrogen (secondary N) is 1. The van der Waals surface area contributed by atoms with E-state index < -0.39 is 0 Å². The Bertz CT molecular complexity index is 412. The van der Waals surface area contributed by atoms with E-state index in [4.69, 9.17) is 9.47 Å². The second kappa shape index (κ2) is 3.39. The van der Waals surface area contributed by atoms with Crippen LogP contribution in [0.4, 0.5) is 0 Å². The molecule has 3 heteroatoms. The number of hydrogen-bond donors (Lipinski definition) is 1. The molecule has 2 heterocycles. The average Bonchev–Trinajstić information content (AvgIpc) is 2.55. The van der Waals surface area contributed by atoms with Crippen molar-refractivity contribution >= 4 is 0 Å². The molecule has 1 saturated heterocycles. The molecule has 0 radical (unpaired) electrons. The van der Waals surface area contributed by atoms with Crippen molar-refractivity contribution in [3.8, 4) is 11.5 Å². The summed E-state index contributed by atoms with van der Waals surface area (Å²) < 4.78 is 11.6. The zero-order chi connectivity index (χ0) is 11.2. The molecular weight excluding hydrogens is 202 g/mol. The van der Waals surface area contributed by atoms with Crippen molar-refractivity contribution in [3.63, 3.8) is 0 Å². The molecule has 0 bridgehead atoms. The predicted octanol–water partition coefficient (Wildman–Crippen LogP) is 1.75. The highest BCUT2D eigenvalue weighted by atomic mass is 16.5. The highest BCUT2D eigenvalue weighted by Crippen LogP contribution is 2.33. The first-order valence-electron chi connectivity index (χ1n) is 5.84. The molecule has 2 aliphatic heterocycles. The summed E-state index contributed by atoms with van der Waals surface area (Å²) in [4.78, 5) is 0. The maximum Gasteiger partial charge on any atom is 0.131 e. The summed E-state index contributed by atoms with van der Waals surface area (Å²) in [5.41, 5.74) is 1.24. The molecule has 86 valence electrons. The van der Waals surface area contributed by atoms with Gasteiger partial charge in [0.05, 0.1) is 0 Å². The maximum atomic E-state index is 5.98. The van der Waals surface area contributed by atoms with E-state index in [-0.39, 0.29) is 5.60 Å². The number of ether oxygens (including phenoxy) is 2. The molecule has 1 unspecified atom stereocenters. The van der Waals surface area contributed by atoms with Gasteiger partial charge in [0.1, 0.15) is 23.2 Å². The molecule has 16 heavy (non-hydrogen) atoms. The van der Waals surface area contributed by atoms with E-state index in [1.165, 1.54) is 5.56 Å². The van der Waals surface area contributed by atoms with E-state index >= 15 is 0 Å². The first kappa shape index (κ1) is 9.97. The van der Waals surface area contributed by atoms with Gasteiger partial charge < -0.3 is 14.8 Å². The van der Waals surface area contributed by atoms with Gasteiger partial charge in [-0.3, -0.25) is 0 Å². The minimum atomic E-state index is -0.0285. The Morgan fingerprint density at radius 2 is 2.25 bits per heavy atom. The normalized spacial score (nSPS) is 25.5. The number of rotatable bonds is 2. The van der Waals surface area contributed by atoms with Crippen molar-refractivity contribution in [2.45, 2.75) is 32.0 Å². The van der Waals surface area contributed by atoms with Crippen LogP contribution in [0.2, 0.25) is 0 Å². The van der Waals surface area contributed by atoms with Gasteiger partial charge in [0, 0.05) is 25.1 Å². The second-order valence-corrected chi connectivity index (χ2v) is 5.06. The summed E-state index contributed by atoms with van der Waals surface area (Å²) in [6, 6.07) is 6.13. The lowest BCUT2D eigenvalue weighted by atomic mass is 10.00. The van der Waals surface area contributed by atoms with Crippen LogP contribution in [0, 0.1) is 0 Å². The van der Waals surface area contributed by atoms with Crippen LogP contribution in [-0.2, 0) is 6.42 Å². The van der Waals surface area contributed by atoms with E-state index in [1.54, 1.807) is 0 Å². The van der Waals surface area contributed by atoms with E-state index in [0.29, 0.717) is 6.10 Å². The number of benzene rings is 1. The molecule has 1 aromatic rings. The summed E-state index contributed by atoms with van der Waals surface area (Å²) in [7, 11) is 0. The summed E-state index contributed by atoms with van der Waals surface area (Å²) in [6.45, 7) is 6.08. The summed E-state index contributed by atoms with van der Waals surface area (Å²) >= 11 is 0. The van der Waals surface area contributed by atoms with Crippen LogP contribution in [0.1, 0.15) is 19.4 Å². The number of hydrogen-bond acceptors (Lipinski definition) is 3. The van der Waals surface area contributed by atoms with Gasteiger partial charge in [-0.05, 0) is 32.0 Å². The van der Waals surface area contributed by atoms with Gasteiger partial charge in [0.15, 0.2) is 0 Å². The van der Waals surface area contributed by atoms with Crippen LogP contribution in [-0.4, -0.2) is 24.8 Å². The highest BCUT2D eigenvalue weighted by molar-refractivity contribution is 5.43. The van der Waals surface area contributed by atoms with Crippen molar-refractivity contribution in [3.05, 3.63) is 23.8 Å². The molecule has 1 atom stereocenters. The largest absolute Gasteiger partial charge is 0.490 e. The van der Waals surface area contributed by atoms with Crippen molar-refractivity contribution in [2.75, 3.05) is 13.1 Å². The molecule has 3 nitrogen and oxygen atoms in total. The molecule has 2 aliphatic rings. The first-order chi connectivity index (χ1) is 7.65. The SMILES string of the molecule is CC1Cc2cc(OC3(C)CNC3)ccc2O1. The van der Waals surface area contributed by atoms with Crippen LogP contribution in [0.25, 0.3) is 0 Å². The third-order valence-electron chi connectivity index (χ3n) is 3.23. The van der Waals surface area contributed by atoms with Gasteiger partial charge in [-0.15, -0.1) is 0 Å². The van der Waals surface area contributed by atoms with Crippen molar-refractivity contribution in [1.29, 1.82) is 0 Å². The van der Waals surface area contributed by atoms with Gasteiger partial charge in [-0.25, -0.2) is 0 Å². The van der Waals surface area contributed by atoms with Crippen LogP contribution < -0.4 is 14.8 Å². The van der Waals surface area contributed by atoms with E-state index in [1.807, 2.05) is 12.1 Å². The quantitative estimate of drug-likeness (QED) is 0.822. The molecule has 0 aromatic heterocycles. The van der Waals surface area contributed by atoms with Gasteiger partial charge in [0.25, 0.3) is 0 Å². The topological polar surface area (TPSA) is 30.5 Å². The zero-order valence-corrected chi connectivity index (χ0v) is 9.75. The molecule has 1 aromatic carbocycles. The third kappa shape index (κ3) is 1.65. The molecular formula is C13H17NO2. The lowest BCUT2D eigenvalue weighted by Crippen LogP contribution is -2.61. The van der Waals surface area contributed by atoms with Crippen molar-refractivity contribution in [1.82, 2.24) is 5.32 Å². The molecule has 1 fully saturated rings. The first-order valence-corrected chi connectivity index (χ1v) is 5.84. The van der Waals surface area contributed by atoms with E-state index in [0.717, 1.165) is 31.0 Å². The highest BCUT2D eigenvalue weighted by Gasteiger charge is 2.34.